The van der Waals surface area contributed by atoms with Gasteiger partial charge in [-0.25, -0.2) is 0 Å². The highest BCUT2D eigenvalue weighted by Gasteiger charge is 2.33. The molecule has 1 aromatic carbocycles. The predicted molar refractivity (Wildman–Crippen MR) is 120 cm³/mol. The summed E-state index contributed by atoms with van der Waals surface area (Å²) in [6.45, 7) is 11.0. The van der Waals surface area contributed by atoms with Gasteiger partial charge in [-0.05, 0) is 76.4 Å². The number of carbonyl (C=O) groups excluding carboxylic acids is 1. The Balaban J connectivity index is 1.78. The van der Waals surface area contributed by atoms with E-state index in [1.165, 1.54) is 32.4 Å². The van der Waals surface area contributed by atoms with Crippen molar-refractivity contribution >= 4 is 11.6 Å². The first-order valence-corrected chi connectivity index (χ1v) is 11.5. The van der Waals surface area contributed by atoms with E-state index in [-0.39, 0.29) is 5.91 Å². The molecule has 0 aromatic heterocycles. The fourth-order valence-corrected chi connectivity index (χ4v) is 3.65. The number of hydrogen-bond donors (Lipinski definition) is 1. The first-order valence-electron chi connectivity index (χ1n) is 11.5. The van der Waals surface area contributed by atoms with Gasteiger partial charge in [-0.1, -0.05) is 33.1 Å². The van der Waals surface area contributed by atoms with Crippen LogP contribution >= 0.6 is 0 Å². The number of unbranched alkanes of at least 4 members (excludes halogenated alkanes) is 1. The number of ether oxygens (including phenoxy) is 2. The summed E-state index contributed by atoms with van der Waals surface area (Å²) in [6.07, 6.45) is 8.72. The molecule has 164 valence electrons. The zero-order valence-electron chi connectivity index (χ0n) is 18.7. The summed E-state index contributed by atoms with van der Waals surface area (Å²) in [5.74, 6) is 0.771. The number of likely N-dealkylation sites (tertiary alicyclic amines) is 1. The fourth-order valence-electron chi connectivity index (χ4n) is 3.65. The highest BCUT2D eigenvalue weighted by molar-refractivity contribution is 5.97. The quantitative estimate of drug-likeness (QED) is 0.456. The van der Waals surface area contributed by atoms with Gasteiger partial charge in [0.25, 0.3) is 5.91 Å². The standard InChI is InChI=1S/C24H40N2O3/c1-4-6-15-24(3,29-19-5-2)23(27)25-21-11-13-22(14-12-21)28-20-10-18-26-16-8-7-9-17-26/h11-14H,4-10,15-20H2,1-3H3,(H,25,27)/t24-/m0/s1. The number of amides is 1. The monoisotopic (exact) mass is 404 g/mol. The fraction of sp³-hybridized carbons (Fsp3) is 0.708. The Bertz CT molecular complexity index is 574. The second-order valence-corrected chi connectivity index (χ2v) is 8.27. The lowest BCUT2D eigenvalue weighted by Crippen LogP contribution is -2.43. The van der Waals surface area contributed by atoms with Crippen molar-refractivity contribution in [2.45, 2.75) is 77.7 Å². The van der Waals surface area contributed by atoms with E-state index < -0.39 is 5.60 Å². The Kier molecular flexibility index (Phi) is 10.5. The average Bonchev–Trinajstić information content (AvgIpc) is 2.75. The third-order valence-electron chi connectivity index (χ3n) is 5.56. The number of nitrogens with zero attached hydrogens (tertiary/aromatic N) is 1. The van der Waals surface area contributed by atoms with Crippen molar-refractivity contribution in [1.82, 2.24) is 4.90 Å². The highest BCUT2D eigenvalue weighted by Crippen LogP contribution is 2.23. The molecular formula is C24H40N2O3. The minimum atomic E-state index is -0.782. The third kappa shape index (κ3) is 8.35. The first kappa shape index (κ1) is 23.7. The highest BCUT2D eigenvalue weighted by atomic mass is 16.5. The van der Waals surface area contributed by atoms with E-state index in [1.54, 1.807) is 0 Å². The van der Waals surface area contributed by atoms with Crippen LogP contribution in [0.4, 0.5) is 5.69 Å². The van der Waals surface area contributed by atoms with Crippen LogP contribution < -0.4 is 10.1 Å². The molecule has 0 saturated carbocycles. The van der Waals surface area contributed by atoms with Gasteiger partial charge in [-0.3, -0.25) is 4.79 Å². The van der Waals surface area contributed by atoms with Gasteiger partial charge in [0.15, 0.2) is 0 Å². The maximum absolute atomic E-state index is 12.8. The van der Waals surface area contributed by atoms with Gasteiger partial charge < -0.3 is 19.7 Å². The first-order chi connectivity index (χ1) is 14.1. The van der Waals surface area contributed by atoms with Crippen LogP contribution in [-0.2, 0) is 9.53 Å². The predicted octanol–water partition coefficient (Wildman–Crippen LogP) is 5.26. The zero-order chi connectivity index (χ0) is 21.0. The summed E-state index contributed by atoms with van der Waals surface area (Å²) in [7, 11) is 0. The Morgan fingerprint density at radius 2 is 1.76 bits per heavy atom. The van der Waals surface area contributed by atoms with E-state index >= 15 is 0 Å². The van der Waals surface area contributed by atoms with Crippen molar-refractivity contribution in [3.8, 4) is 5.75 Å². The van der Waals surface area contributed by atoms with Crippen LogP contribution in [0.3, 0.4) is 0 Å². The van der Waals surface area contributed by atoms with E-state index in [9.17, 15) is 4.79 Å². The largest absolute Gasteiger partial charge is 0.494 e. The van der Waals surface area contributed by atoms with Crippen molar-refractivity contribution in [2.75, 3.05) is 38.2 Å². The normalized spacial score (nSPS) is 16.9. The lowest BCUT2D eigenvalue weighted by Gasteiger charge is -2.28. The molecule has 1 saturated heterocycles. The number of rotatable bonds is 13. The van der Waals surface area contributed by atoms with Crippen LogP contribution in [0.15, 0.2) is 24.3 Å². The van der Waals surface area contributed by atoms with Crippen LogP contribution in [0, 0.1) is 0 Å². The molecule has 0 aliphatic carbocycles. The molecule has 1 aliphatic rings. The van der Waals surface area contributed by atoms with Crippen molar-refractivity contribution in [2.24, 2.45) is 0 Å². The molecule has 1 fully saturated rings. The molecule has 2 rings (SSSR count). The van der Waals surface area contributed by atoms with Crippen LogP contribution in [0.2, 0.25) is 0 Å². The molecule has 0 spiro atoms. The lowest BCUT2D eigenvalue weighted by atomic mass is 9.97. The zero-order valence-corrected chi connectivity index (χ0v) is 18.7. The Morgan fingerprint density at radius 1 is 1.03 bits per heavy atom. The van der Waals surface area contributed by atoms with Gasteiger partial charge >= 0.3 is 0 Å². The SMILES string of the molecule is CCCC[C@](C)(OCCC)C(=O)Nc1ccc(OCCCN2CCCCC2)cc1. The number of benzene rings is 1. The molecule has 1 heterocycles. The van der Waals surface area contributed by atoms with E-state index in [0.29, 0.717) is 6.61 Å². The van der Waals surface area contributed by atoms with Crippen LogP contribution in [0.5, 0.6) is 5.75 Å². The summed E-state index contributed by atoms with van der Waals surface area (Å²) in [6, 6.07) is 7.65. The summed E-state index contributed by atoms with van der Waals surface area (Å²) >= 11 is 0. The van der Waals surface area contributed by atoms with E-state index in [0.717, 1.165) is 56.7 Å². The molecule has 1 aromatic rings. The molecule has 0 unspecified atom stereocenters. The molecule has 1 aliphatic heterocycles. The topological polar surface area (TPSA) is 50.8 Å². The maximum atomic E-state index is 12.8. The minimum absolute atomic E-state index is 0.0744. The molecule has 29 heavy (non-hydrogen) atoms. The molecule has 1 atom stereocenters. The van der Waals surface area contributed by atoms with Crippen LogP contribution in [0.25, 0.3) is 0 Å². The van der Waals surface area contributed by atoms with E-state index in [1.807, 2.05) is 31.2 Å². The summed E-state index contributed by atoms with van der Waals surface area (Å²) < 4.78 is 11.8. The molecule has 5 nitrogen and oxygen atoms in total. The van der Waals surface area contributed by atoms with E-state index in [2.05, 4.69) is 24.1 Å². The summed E-state index contributed by atoms with van der Waals surface area (Å²) in [5.41, 5.74) is -0.00572. The number of hydrogen-bond acceptors (Lipinski definition) is 4. The Labute approximate surface area is 177 Å². The second-order valence-electron chi connectivity index (χ2n) is 8.27. The number of carbonyl (C=O) groups is 1. The van der Waals surface area contributed by atoms with Crippen molar-refractivity contribution in [3.63, 3.8) is 0 Å². The maximum Gasteiger partial charge on any atom is 0.256 e. The van der Waals surface area contributed by atoms with Gasteiger partial charge in [0.05, 0.1) is 6.61 Å². The van der Waals surface area contributed by atoms with E-state index in [4.69, 9.17) is 9.47 Å². The van der Waals surface area contributed by atoms with Crippen molar-refractivity contribution < 1.29 is 14.3 Å². The average molecular weight is 405 g/mol. The van der Waals surface area contributed by atoms with Crippen LogP contribution in [0.1, 0.15) is 72.1 Å². The van der Waals surface area contributed by atoms with Gasteiger partial charge in [-0.15, -0.1) is 0 Å². The number of anilines is 1. The molecule has 5 heteroatoms. The molecule has 0 bridgehead atoms. The lowest BCUT2D eigenvalue weighted by molar-refractivity contribution is -0.140. The van der Waals surface area contributed by atoms with Gasteiger partial charge in [0.2, 0.25) is 0 Å². The third-order valence-corrected chi connectivity index (χ3v) is 5.56. The summed E-state index contributed by atoms with van der Waals surface area (Å²) in [4.78, 5) is 15.3. The van der Waals surface area contributed by atoms with Crippen molar-refractivity contribution in [3.05, 3.63) is 24.3 Å². The molecule has 0 radical (unpaired) electrons. The van der Waals surface area contributed by atoms with Gasteiger partial charge in [-0.2, -0.15) is 0 Å². The van der Waals surface area contributed by atoms with Crippen molar-refractivity contribution in [1.29, 1.82) is 0 Å². The number of piperidine rings is 1. The van der Waals surface area contributed by atoms with Crippen LogP contribution in [-0.4, -0.2) is 49.3 Å². The molecular weight excluding hydrogens is 364 g/mol. The Morgan fingerprint density at radius 3 is 2.41 bits per heavy atom. The smallest absolute Gasteiger partial charge is 0.256 e. The minimum Gasteiger partial charge on any atom is -0.494 e. The van der Waals surface area contributed by atoms with Gasteiger partial charge in [0, 0.05) is 18.8 Å². The Hall–Kier alpha value is -1.59. The molecule has 1 amide bonds. The number of nitrogens with one attached hydrogen (secondary N) is 1. The molecule has 1 N–H and O–H groups in total. The summed E-state index contributed by atoms with van der Waals surface area (Å²) in [5, 5.41) is 3.01. The second kappa shape index (κ2) is 12.9. The van der Waals surface area contributed by atoms with Gasteiger partial charge in [0.1, 0.15) is 11.4 Å².